The van der Waals surface area contributed by atoms with E-state index < -0.39 is 0 Å². The van der Waals surface area contributed by atoms with Crippen molar-refractivity contribution in [2.45, 2.75) is 44.2 Å². The molecule has 3 rings (SSSR count). The summed E-state index contributed by atoms with van der Waals surface area (Å²) in [6.45, 7) is 2.95. The molecular weight excluding hydrogens is 314 g/mol. The van der Waals surface area contributed by atoms with Gasteiger partial charge >= 0.3 is 0 Å². The van der Waals surface area contributed by atoms with Gasteiger partial charge in [-0.1, -0.05) is 36.8 Å². The highest BCUT2D eigenvalue weighted by atomic mass is 79.9. The fourth-order valence-electron chi connectivity index (χ4n) is 3.30. The fraction of sp³-hybridized carbons (Fsp3) is 0.438. The van der Waals surface area contributed by atoms with Crippen molar-refractivity contribution in [3.05, 3.63) is 52.3 Å². The number of aryl methyl sites for hydroxylation is 1. The van der Waals surface area contributed by atoms with Crippen LogP contribution in [0.3, 0.4) is 0 Å². The minimum Gasteiger partial charge on any atom is -0.322 e. The Hall–Kier alpha value is -1.13. The first-order valence-corrected chi connectivity index (χ1v) is 8.00. The summed E-state index contributed by atoms with van der Waals surface area (Å²) in [6.07, 6.45) is 5.41. The van der Waals surface area contributed by atoms with E-state index in [4.69, 9.17) is 5.73 Å². The summed E-state index contributed by atoms with van der Waals surface area (Å²) in [6, 6.07) is 10.7. The van der Waals surface area contributed by atoms with Crippen molar-refractivity contribution in [3.63, 3.8) is 0 Å². The molecule has 0 amide bonds. The van der Waals surface area contributed by atoms with Crippen LogP contribution in [0.2, 0.25) is 0 Å². The molecule has 4 heteroatoms. The SMILES string of the molecule is CCn1ncc(Br)c1C(N)C1(c2ccccc2)CCC1. The first-order chi connectivity index (χ1) is 9.69. The molecule has 1 saturated carbocycles. The zero-order valence-corrected chi connectivity index (χ0v) is 13.3. The molecule has 1 aliphatic carbocycles. The maximum atomic E-state index is 6.70. The molecule has 0 bridgehead atoms. The highest BCUT2D eigenvalue weighted by molar-refractivity contribution is 9.10. The number of benzene rings is 1. The molecule has 1 aliphatic rings. The van der Waals surface area contributed by atoms with Crippen molar-refractivity contribution < 1.29 is 0 Å². The molecule has 0 spiro atoms. The van der Waals surface area contributed by atoms with Gasteiger partial charge in [0.25, 0.3) is 0 Å². The Labute approximate surface area is 128 Å². The fourth-order valence-corrected chi connectivity index (χ4v) is 3.84. The van der Waals surface area contributed by atoms with E-state index in [0.717, 1.165) is 29.6 Å². The van der Waals surface area contributed by atoms with Crippen LogP contribution in [0.15, 0.2) is 41.0 Å². The normalized spacial score (nSPS) is 18.6. The smallest absolute Gasteiger partial charge is 0.0702 e. The van der Waals surface area contributed by atoms with Gasteiger partial charge in [-0.3, -0.25) is 4.68 Å². The molecule has 1 atom stereocenters. The standard InChI is InChI=1S/C16H20BrN3/c1-2-20-14(13(17)11-19-20)15(18)16(9-6-10-16)12-7-4-3-5-8-12/h3-5,7-8,11,15H,2,6,9-10,18H2,1H3. The van der Waals surface area contributed by atoms with Crippen molar-refractivity contribution in [1.82, 2.24) is 9.78 Å². The summed E-state index contributed by atoms with van der Waals surface area (Å²) in [7, 11) is 0. The molecule has 2 aromatic rings. The number of hydrogen-bond donors (Lipinski definition) is 1. The Bertz CT molecular complexity index is 587. The molecule has 0 aliphatic heterocycles. The van der Waals surface area contributed by atoms with Gasteiger partial charge in [-0.2, -0.15) is 5.10 Å². The number of halogens is 1. The summed E-state index contributed by atoms with van der Waals surface area (Å²) in [5.74, 6) is 0. The number of hydrogen-bond acceptors (Lipinski definition) is 2. The molecule has 1 unspecified atom stereocenters. The van der Waals surface area contributed by atoms with Gasteiger partial charge < -0.3 is 5.73 Å². The van der Waals surface area contributed by atoms with E-state index in [-0.39, 0.29) is 11.5 Å². The van der Waals surface area contributed by atoms with Crippen LogP contribution >= 0.6 is 15.9 Å². The van der Waals surface area contributed by atoms with Gasteiger partial charge in [0.05, 0.1) is 22.4 Å². The third-order valence-electron chi connectivity index (χ3n) is 4.62. The van der Waals surface area contributed by atoms with Gasteiger partial charge in [0, 0.05) is 12.0 Å². The summed E-state index contributed by atoms with van der Waals surface area (Å²) < 4.78 is 3.03. The summed E-state index contributed by atoms with van der Waals surface area (Å²) in [5, 5.41) is 4.41. The maximum absolute atomic E-state index is 6.70. The predicted molar refractivity (Wildman–Crippen MR) is 84.5 cm³/mol. The maximum Gasteiger partial charge on any atom is 0.0702 e. The third kappa shape index (κ3) is 2.02. The first kappa shape index (κ1) is 13.8. The van der Waals surface area contributed by atoms with E-state index >= 15 is 0 Å². The predicted octanol–water partition coefficient (Wildman–Crippen LogP) is 3.79. The molecule has 3 nitrogen and oxygen atoms in total. The zero-order valence-electron chi connectivity index (χ0n) is 11.7. The second-order valence-corrected chi connectivity index (χ2v) is 6.40. The largest absolute Gasteiger partial charge is 0.322 e. The zero-order chi connectivity index (χ0) is 14.2. The van der Waals surface area contributed by atoms with E-state index in [0.29, 0.717) is 0 Å². The lowest BCUT2D eigenvalue weighted by atomic mass is 9.59. The monoisotopic (exact) mass is 333 g/mol. The average molecular weight is 334 g/mol. The summed E-state index contributed by atoms with van der Waals surface area (Å²) >= 11 is 3.61. The lowest BCUT2D eigenvalue weighted by Crippen LogP contribution is -2.45. The average Bonchev–Trinajstić information content (AvgIpc) is 2.79. The molecule has 2 N–H and O–H groups in total. The van der Waals surface area contributed by atoms with Crippen LogP contribution in [0.1, 0.15) is 43.5 Å². The first-order valence-electron chi connectivity index (χ1n) is 7.21. The van der Waals surface area contributed by atoms with Crippen LogP contribution in [0.25, 0.3) is 0 Å². The second-order valence-electron chi connectivity index (χ2n) is 5.55. The van der Waals surface area contributed by atoms with Crippen LogP contribution in [0.5, 0.6) is 0 Å². The van der Waals surface area contributed by atoms with Crippen molar-refractivity contribution >= 4 is 15.9 Å². The van der Waals surface area contributed by atoms with E-state index in [2.05, 4.69) is 58.3 Å². The minimum absolute atomic E-state index is 0.0181. The van der Waals surface area contributed by atoms with Crippen LogP contribution in [-0.4, -0.2) is 9.78 Å². The Morgan fingerprint density at radius 3 is 2.60 bits per heavy atom. The van der Waals surface area contributed by atoms with Crippen LogP contribution < -0.4 is 5.73 Å². The number of aromatic nitrogens is 2. The van der Waals surface area contributed by atoms with Crippen molar-refractivity contribution in [2.24, 2.45) is 5.73 Å². The second kappa shape index (κ2) is 5.34. The number of nitrogens with two attached hydrogens (primary N) is 1. The van der Waals surface area contributed by atoms with Crippen LogP contribution in [0, 0.1) is 0 Å². The number of rotatable bonds is 4. The Morgan fingerprint density at radius 2 is 2.05 bits per heavy atom. The van der Waals surface area contributed by atoms with E-state index in [1.54, 1.807) is 0 Å². The van der Waals surface area contributed by atoms with E-state index in [1.807, 2.05) is 10.9 Å². The van der Waals surface area contributed by atoms with Gasteiger partial charge in [-0.05, 0) is 41.3 Å². The highest BCUT2D eigenvalue weighted by Gasteiger charge is 2.46. The highest BCUT2D eigenvalue weighted by Crippen LogP contribution is 2.51. The summed E-state index contributed by atoms with van der Waals surface area (Å²) in [5.41, 5.74) is 9.24. The van der Waals surface area contributed by atoms with Gasteiger partial charge in [0.1, 0.15) is 0 Å². The molecule has 106 valence electrons. The molecule has 1 aromatic heterocycles. The number of nitrogens with zero attached hydrogens (tertiary/aromatic N) is 2. The summed E-state index contributed by atoms with van der Waals surface area (Å²) in [4.78, 5) is 0. The molecule has 1 heterocycles. The lowest BCUT2D eigenvalue weighted by Gasteiger charge is -2.47. The van der Waals surface area contributed by atoms with Crippen molar-refractivity contribution in [1.29, 1.82) is 0 Å². The van der Waals surface area contributed by atoms with E-state index in [1.165, 1.54) is 12.0 Å². The van der Waals surface area contributed by atoms with Crippen LogP contribution in [0.4, 0.5) is 0 Å². The van der Waals surface area contributed by atoms with Gasteiger partial charge in [0.2, 0.25) is 0 Å². The molecule has 0 radical (unpaired) electrons. The molecule has 1 fully saturated rings. The van der Waals surface area contributed by atoms with E-state index in [9.17, 15) is 0 Å². The molecule has 0 saturated heterocycles. The third-order valence-corrected chi connectivity index (χ3v) is 5.23. The van der Waals surface area contributed by atoms with Gasteiger partial charge in [-0.15, -0.1) is 0 Å². The topological polar surface area (TPSA) is 43.8 Å². The Kier molecular flexibility index (Phi) is 3.69. The van der Waals surface area contributed by atoms with Crippen molar-refractivity contribution in [2.75, 3.05) is 0 Å². The van der Waals surface area contributed by atoms with Gasteiger partial charge in [-0.25, -0.2) is 0 Å². The molecular formula is C16H20BrN3. The minimum atomic E-state index is -0.0181. The van der Waals surface area contributed by atoms with Crippen LogP contribution in [-0.2, 0) is 12.0 Å². The van der Waals surface area contributed by atoms with Crippen molar-refractivity contribution in [3.8, 4) is 0 Å². The van der Waals surface area contributed by atoms with Gasteiger partial charge in [0.15, 0.2) is 0 Å². The lowest BCUT2D eigenvalue weighted by molar-refractivity contribution is 0.189. The molecule has 20 heavy (non-hydrogen) atoms. The Balaban J connectivity index is 2.03. The Morgan fingerprint density at radius 1 is 1.35 bits per heavy atom. The molecule has 1 aromatic carbocycles. The quantitative estimate of drug-likeness (QED) is 0.925.